The van der Waals surface area contributed by atoms with Gasteiger partial charge in [-0.05, 0) is 30.3 Å². The van der Waals surface area contributed by atoms with E-state index in [1.807, 2.05) is 24.3 Å². The van der Waals surface area contributed by atoms with E-state index < -0.39 is 10.0 Å². The predicted molar refractivity (Wildman–Crippen MR) is 90.1 cm³/mol. The topological polar surface area (TPSA) is 59.1 Å². The van der Waals surface area contributed by atoms with Crippen LogP contribution in [-0.4, -0.2) is 13.4 Å². The molecule has 0 unspecified atom stereocenters. The molecule has 0 amide bonds. The molecule has 0 spiro atoms. The summed E-state index contributed by atoms with van der Waals surface area (Å²) in [5.41, 5.74) is 0.858. The van der Waals surface area contributed by atoms with Gasteiger partial charge in [0.2, 0.25) is 10.0 Å². The number of sulfonamides is 1. The molecule has 1 heterocycles. The third-order valence-electron chi connectivity index (χ3n) is 2.95. The number of halogens is 2. The highest BCUT2D eigenvalue weighted by molar-refractivity contribution is 7.89. The standard InChI is InChI=1S/C14H10Cl2N2O2S2/c15-10-6-5-9(7-11(10)16)22(19,20)17-8-14-18-12-3-1-2-4-13(12)21-14/h1-7,17H,8H2. The van der Waals surface area contributed by atoms with Crippen LogP contribution in [0.25, 0.3) is 10.2 Å². The summed E-state index contributed by atoms with van der Waals surface area (Å²) in [4.78, 5) is 4.46. The van der Waals surface area contributed by atoms with E-state index in [1.165, 1.54) is 29.5 Å². The van der Waals surface area contributed by atoms with Crippen LogP contribution >= 0.6 is 34.5 Å². The van der Waals surface area contributed by atoms with E-state index >= 15 is 0 Å². The summed E-state index contributed by atoms with van der Waals surface area (Å²) in [6.07, 6.45) is 0. The molecule has 114 valence electrons. The molecule has 0 radical (unpaired) electrons. The minimum atomic E-state index is -3.66. The molecule has 1 N–H and O–H groups in total. The minimum absolute atomic E-state index is 0.0722. The summed E-state index contributed by atoms with van der Waals surface area (Å²) >= 11 is 13.1. The number of fused-ring (bicyclic) bond motifs is 1. The predicted octanol–water partition coefficient (Wildman–Crippen LogP) is 4.08. The molecule has 1 aromatic heterocycles. The second-order valence-electron chi connectivity index (χ2n) is 4.48. The lowest BCUT2D eigenvalue weighted by atomic mass is 10.3. The van der Waals surface area contributed by atoms with Gasteiger partial charge in [-0.2, -0.15) is 0 Å². The second kappa shape index (κ2) is 6.14. The first-order valence-corrected chi connectivity index (χ1v) is 9.30. The minimum Gasteiger partial charge on any atom is -0.240 e. The summed E-state index contributed by atoms with van der Waals surface area (Å²) < 4.78 is 28.0. The van der Waals surface area contributed by atoms with Crippen molar-refractivity contribution in [2.75, 3.05) is 0 Å². The number of rotatable bonds is 4. The van der Waals surface area contributed by atoms with Gasteiger partial charge in [-0.25, -0.2) is 18.1 Å². The van der Waals surface area contributed by atoms with Crippen molar-refractivity contribution in [3.63, 3.8) is 0 Å². The van der Waals surface area contributed by atoms with Crippen LogP contribution in [0.1, 0.15) is 5.01 Å². The molecule has 0 aliphatic rings. The van der Waals surface area contributed by atoms with Crippen LogP contribution < -0.4 is 4.72 Å². The molecule has 3 rings (SSSR count). The fourth-order valence-corrected chi connectivity index (χ4v) is 4.25. The van der Waals surface area contributed by atoms with Crippen molar-refractivity contribution >= 4 is 54.8 Å². The van der Waals surface area contributed by atoms with Crippen molar-refractivity contribution in [2.45, 2.75) is 11.4 Å². The van der Waals surface area contributed by atoms with Gasteiger partial charge in [0.15, 0.2) is 0 Å². The Morgan fingerprint density at radius 1 is 1.09 bits per heavy atom. The summed E-state index contributed by atoms with van der Waals surface area (Å²) in [5, 5.41) is 1.21. The van der Waals surface area contributed by atoms with E-state index in [1.54, 1.807) is 0 Å². The van der Waals surface area contributed by atoms with E-state index in [4.69, 9.17) is 23.2 Å². The Bertz CT molecular complexity index is 906. The summed E-state index contributed by atoms with van der Waals surface area (Å²) in [6, 6.07) is 11.8. The lowest BCUT2D eigenvalue weighted by Crippen LogP contribution is -2.23. The van der Waals surface area contributed by atoms with E-state index in [0.717, 1.165) is 10.2 Å². The smallest absolute Gasteiger partial charge is 0.240 e. The van der Waals surface area contributed by atoms with Crippen LogP contribution in [0.2, 0.25) is 10.0 Å². The zero-order chi connectivity index (χ0) is 15.7. The average Bonchev–Trinajstić information content (AvgIpc) is 2.91. The monoisotopic (exact) mass is 372 g/mol. The van der Waals surface area contributed by atoms with Gasteiger partial charge in [-0.3, -0.25) is 0 Å². The van der Waals surface area contributed by atoms with E-state index in [-0.39, 0.29) is 16.5 Å². The second-order valence-corrected chi connectivity index (χ2v) is 8.17. The van der Waals surface area contributed by atoms with Gasteiger partial charge in [0.1, 0.15) is 5.01 Å². The van der Waals surface area contributed by atoms with Crippen LogP contribution in [0, 0.1) is 0 Å². The summed E-state index contributed by atoms with van der Waals surface area (Å²) in [5.74, 6) is 0. The van der Waals surface area contributed by atoms with Gasteiger partial charge >= 0.3 is 0 Å². The Labute approximate surface area is 141 Å². The largest absolute Gasteiger partial charge is 0.241 e. The maximum atomic E-state index is 12.2. The zero-order valence-corrected chi connectivity index (χ0v) is 14.2. The van der Waals surface area contributed by atoms with Gasteiger partial charge in [0, 0.05) is 0 Å². The van der Waals surface area contributed by atoms with Gasteiger partial charge < -0.3 is 0 Å². The number of nitrogens with one attached hydrogen (secondary N) is 1. The molecule has 3 aromatic rings. The highest BCUT2D eigenvalue weighted by Crippen LogP contribution is 2.25. The fourth-order valence-electron chi connectivity index (χ4n) is 1.88. The Hall–Kier alpha value is -1.18. The molecule has 0 saturated heterocycles. The molecule has 4 nitrogen and oxygen atoms in total. The Kier molecular flexibility index (Phi) is 4.38. The first kappa shape index (κ1) is 15.7. The molecule has 0 aliphatic heterocycles. The molecule has 8 heteroatoms. The lowest BCUT2D eigenvalue weighted by Gasteiger charge is -2.06. The van der Waals surface area contributed by atoms with Gasteiger partial charge in [0.25, 0.3) is 0 Å². The van der Waals surface area contributed by atoms with Crippen LogP contribution in [0.4, 0.5) is 0 Å². The number of aromatic nitrogens is 1. The molecule has 0 bridgehead atoms. The number of para-hydroxylation sites is 1. The SMILES string of the molecule is O=S(=O)(NCc1nc2ccccc2s1)c1ccc(Cl)c(Cl)c1. The quantitative estimate of drug-likeness (QED) is 0.750. The summed E-state index contributed by atoms with van der Waals surface area (Å²) in [6.45, 7) is 0.127. The summed E-state index contributed by atoms with van der Waals surface area (Å²) in [7, 11) is -3.66. The van der Waals surface area contributed by atoms with Crippen LogP contribution in [0.15, 0.2) is 47.4 Å². The molecular weight excluding hydrogens is 363 g/mol. The van der Waals surface area contributed by atoms with Crippen molar-refractivity contribution in [2.24, 2.45) is 0 Å². The van der Waals surface area contributed by atoms with Gasteiger partial charge in [-0.15, -0.1) is 11.3 Å². The number of thiazole rings is 1. The van der Waals surface area contributed by atoms with E-state index in [9.17, 15) is 8.42 Å². The first-order valence-electron chi connectivity index (χ1n) is 6.25. The van der Waals surface area contributed by atoms with Gasteiger partial charge in [-0.1, -0.05) is 35.3 Å². The van der Waals surface area contributed by atoms with Crippen LogP contribution in [0.3, 0.4) is 0 Å². The normalized spacial score (nSPS) is 11.9. The Morgan fingerprint density at radius 2 is 1.86 bits per heavy atom. The molecule has 0 saturated carbocycles. The number of hydrogen-bond donors (Lipinski definition) is 1. The highest BCUT2D eigenvalue weighted by Gasteiger charge is 2.16. The van der Waals surface area contributed by atoms with Crippen molar-refractivity contribution in [1.82, 2.24) is 9.71 Å². The van der Waals surface area contributed by atoms with E-state index in [2.05, 4.69) is 9.71 Å². The molecule has 2 aromatic carbocycles. The van der Waals surface area contributed by atoms with Crippen molar-refractivity contribution < 1.29 is 8.42 Å². The third kappa shape index (κ3) is 3.26. The Morgan fingerprint density at radius 3 is 2.59 bits per heavy atom. The number of benzene rings is 2. The fraction of sp³-hybridized carbons (Fsp3) is 0.0714. The highest BCUT2D eigenvalue weighted by atomic mass is 35.5. The molecular formula is C14H10Cl2N2O2S2. The van der Waals surface area contributed by atoms with Crippen LogP contribution in [0.5, 0.6) is 0 Å². The van der Waals surface area contributed by atoms with Crippen molar-refractivity contribution in [3.8, 4) is 0 Å². The molecule has 0 fully saturated rings. The maximum absolute atomic E-state index is 12.2. The molecule has 0 aliphatic carbocycles. The Balaban J connectivity index is 1.80. The maximum Gasteiger partial charge on any atom is 0.241 e. The van der Waals surface area contributed by atoms with Gasteiger partial charge in [0.05, 0.1) is 31.7 Å². The zero-order valence-electron chi connectivity index (χ0n) is 11.1. The molecule has 0 atom stereocenters. The van der Waals surface area contributed by atoms with E-state index in [0.29, 0.717) is 10.0 Å². The van der Waals surface area contributed by atoms with Crippen molar-refractivity contribution in [1.29, 1.82) is 0 Å². The third-order valence-corrected chi connectivity index (χ3v) is 6.13. The number of hydrogen-bond acceptors (Lipinski definition) is 4. The van der Waals surface area contributed by atoms with Crippen LogP contribution in [-0.2, 0) is 16.6 Å². The average molecular weight is 373 g/mol. The first-order chi connectivity index (χ1) is 10.5. The van der Waals surface area contributed by atoms with Crippen molar-refractivity contribution in [3.05, 3.63) is 57.5 Å². The number of nitrogens with zero attached hydrogens (tertiary/aromatic N) is 1. The lowest BCUT2D eigenvalue weighted by molar-refractivity contribution is 0.581. The molecule has 22 heavy (non-hydrogen) atoms.